The molecule has 1 N–H and O–H groups in total. The Balaban J connectivity index is 2.97. The number of ketones is 1. The second kappa shape index (κ2) is 5.12. The Labute approximate surface area is 107 Å². The second-order valence-corrected chi connectivity index (χ2v) is 6.22. The average molecular weight is 256 g/mol. The van der Waals surface area contributed by atoms with Crippen molar-refractivity contribution in [3.63, 3.8) is 0 Å². The normalized spacial score (nSPS) is 19.2. The lowest BCUT2D eigenvalue weighted by atomic mass is 9.79. The molecule has 0 aromatic rings. The van der Waals surface area contributed by atoms with Crippen molar-refractivity contribution in [1.82, 2.24) is 10.2 Å². The first-order valence-corrected chi connectivity index (χ1v) is 6.42. The van der Waals surface area contributed by atoms with Gasteiger partial charge < -0.3 is 10.2 Å². The maximum absolute atomic E-state index is 12.0. The van der Waals surface area contributed by atoms with E-state index >= 15 is 0 Å². The number of rotatable bonds is 2. The Bertz CT molecular complexity index is 373. The van der Waals surface area contributed by atoms with Gasteiger partial charge in [0.1, 0.15) is 0 Å². The van der Waals surface area contributed by atoms with Crippen LogP contribution >= 0.6 is 11.8 Å². The first kappa shape index (κ1) is 14.1. The van der Waals surface area contributed by atoms with Gasteiger partial charge in [0.05, 0.1) is 4.91 Å². The Morgan fingerprint density at radius 1 is 1.35 bits per heavy atom. The van der Waals surface area contributed by atoms with E-state index in [1.807, 2.05) is 0 Å². The first-order valence-electron chi connectivity index (χ1n) is 5.60. The molecule has 4 nitrogen and oxygen atoms in total. The molecule has 0 unspecified atom stereocenters. The standard InChI is InChI=1S/C12H20N2O2S/c1-12(2)6-8(13-3)10(9(15)7-12)17-11(16)14(4)5/h13H,6-7H2,1-5H3. The number of nitrogens with one attached hydrogen (secondary N) is 1. The fraction of sp³-hybridized carbons (Fsp3) is 0.667. The van der Waals surface area contributed by atoms with Gasteiger partial charge in [-0.2, -0.15) is 0 Å². The van der Waals surface area contributed by atoms with Gasteiger partial charge in [-0.3, -0.25) is 9.59 Å². The minimum Gasteiger partial charge on any atom is -0.390 e. The maximum atomic E-state index is 12.0. The lowest BCUT2D eigenvalue weighted by molar-refractivity contribution is -0.117. The Kier molecular flexibility index (Phi) is 4.25. The van der Waals surface area contributed by atoms with E-state index in [1.165, 1.54) is 4.90 Å². The van der Waals surface area contributed by atoms with Crippen molar-refractivity contribution in [2.45, 2.75) is 26.7 Å². The number of hydrogen-bond donors (Lipinski definition) is 1. The van der Waals surface area contributed by atoms with Gasteiger partial charge in [0.2, 0.25) is 0 Å². The average Bonchev–Trinajstić information content (AvgIpc) is 2.20. The van der Waals surface area contributed by atoms with Gasteiger partial charge in [-0.15, -0.1) is 0 Å². The minimum absolute atomic E-state index is 0.0271. The predicted octanol–water partition coefficient (Wildman–Crippen LogP) is 2.22. The Morgan fingerprint density at radius 3 is 2.41 bits per heavy atom. The summed E-state index contributed by atoms with van der Waals surface area (Å²) in [6.45, 7) is 4.13. The largest absolute Gasteiger partial charge is 0.390 e. The SMILES string of the molecule is CNC1=C(SC(=O)N(C)C)C(=O)CC(C)(C)C1. The van der Waals surface area contributed by atoms with Crippen LogP contribution in [0.25, 0.3) is 0 Å². The summed E-state index contributed by atoms with van der Waals surface area (Å²) in [7, 11) is 5.17. The fourth-order valence-corrected chi connectivity index (χ4v) is 2.64. The first-order chi connectivity index (χ1) is 7.76. The number of hydrogen-bond acceptors (Lipinski definition) is 4. The van der Waals surface area contributed by atoms with E-state index in [1.54, 1.807) is 21.1 Å². The fourth-order valence-electron chi connectivity index (χ4n) is 1.80. The van der Waals surface area contributed by atoms with Crippen LogP contribution in [0, 0.1) is 5.41 Å². The van der Waals surface area contributed by atoms with E-state index in [0.717, 1.165) is 23.9 Å². The Morgan fingerprint density at radius 2 is 1.94 bits per heavy atom. The van der Waals surface area contributed by atoms with E-state index in [-0.39, 0.29) is 16.4 Å². The molecule has 1 amide bonds. The quantitative estimate of drug-likeness (QED) is 0.823. The molecule has 0 aliphatic heterocycles. The number of carbonyl (C=O) groups is 2. The van der Waals surface area contributed by atoms with Crippen molar-refractivity contribution in [3.8, 4) is 0 Å². The lowest BCUT2D eigenvalue weighted by Crippen LogP contribution is -2.30. The van der Waals surface area contributed by atoms with Gasteiger partial charge in [0, 0.05) is 33.3 Å². The highest BCUT2D eigenvalue weighted by atomic mass is 32.2. The monoisotopic (exact) mass is 256 g/mol. The van der Waals surface area contributed by atoms with E-state index < -0.39 is 0 Å². The van der Waals surface area contributed by atoms with Crippen molar-refractivity contribution in [1.29, 1.82) is 0 Å². The second-order valence-electron chi connectivity index (χ2n) is 5.26. The number of nitrogens with zero attached hydrogens (tertiary/aromatic N) is 1. The van der Waals surface area contributed by atoms with Crippen LogP contribution in [0.5, 0.6) is 0 Å². The highest BCUT2D eigenvalue weighted by molar-refractivity contribution is 8.17. The summed E-state index contributed by atoms with van der Waals surface area (Å²) in [5.41, 5.74) is 0.854. The third kappa shape index (κ3) is 3.49. The molecule has 0 bridgehead atoms. The van der Waals surface area contributed by atoms with E-state index in [9.17, 15) is 9.59 Å². The predicted molar refractivity (Wildman–Crippen MR) is 70.8 cm³/mol. The molecule has 0 heterocycles. The zero-order valence-corrected chi connectivity index (χ0v) is 11.9. The maximum Gasteiger partial charge on any atom is 0.286 e. The molecular formula is C12H20N2O2S. The molecule has 0 spiro atoms. The molecule has 1 aliphatic rings. The van der Waals surface area contributed by atoms with Crippen LogP contribution in [0.2, 0.25) is 0 Å². The molecule has 0 aromatic heterocycles. The summed E-state index contributed by atoms with van der Waals surface area (Å²) < 4.78 is 0. The zero-order chi connectivity index (χ0) is 13.2. The third-order valence-corrected chi connectivity index (χ3v) is 3.90. The number of thioether (sulfide) groups is 1. The van der Waals surface area contributed by atoms with Crippen LogP contribution in [-0.4, -0.2) is 37.1 Å². The van der Waals surface area contributed by atoms with Crippen LogP contribution in [0.3, 0.4) is 0 Å². The topological polar surface area (TPSA) is 49.4 Å². The summed E-state index contributed by atoms with van der Waals surface area (Å²) >= 11 is 1.02. The van der Waals surface area contributed by atoms with Crippen LogP contribution in [0.4, 0.5) is 4.79 Å². The third-order valence-electron chi connectivity index (χ3n) is 2.68. The van der Waals surface area contributed by atoms with Gasteiger partial charge in [-0.25, -0.2) is 0 Å². The Hall–Kier alpha value is -0.970. The van der Waals surface area contributed by atoms with Crippen molar-refractivity contribution in [3.05, 3.63) is 10.6 Å². The molecule has 1 aliphatic carbocycles. The van der Waals surface area contributed by atoms with Gasteiger partial charge in [0.25, 0.3) is 5.24 Å². The van der Waals surface area contributed by atoms with Gasteiger partial charge in [0.15, 0.2) is 5.78 Å². The van der Waals surface area contributed by atoms with Crippen LogP contribution in [-0.2, 0) is 4.79 Å². The van der Waals surface area contributed by atoms with E-state index in [2.05, 4.69) is 19.2 Å². The molecule has 1 rings (SSSR count). The molecule has 0 aromatic carbocycles. The number of allylic oxidation sites excluding steroid dienone is 2. The highest BCUT2D eigenvalue weighted by Gasteiger charge is 2.34. The smallest absolute Gasteiger partial charge is 0.286 e. The van der Waals surface area contributed by atoms with Crippen LogP contribution in [0.1, 0.15) is 26.7 Å². The lowest BCUT2D eigenvalue weighted by Gasteiger charge is -2.31. The molecule has 0 fully saturated rings. The summed E-state index contributed by atoms with van der Waals surface area (Å²) in [6.07, 6.45) is 1.31. The minimum atomic E-state index is -0.110. The van der Waals surface area contributed by atoms with Gasteiger partial charge in [-0.05, 0) is 23.6 Å². The highest BCUT2D eigenvalue weighted by Crippen LogP contribution is 2.39. The number of Topliss-reactive ketones (excluding diaryl/α,β-unsaturated/α-hetero) is 1. The van der Waals surface area contributed by atoms with Crippen molar-refractivity contribution in [2.24, 2.45) is 5.41 Å². The summed E-state index contributed by atoms with van der Waals surface area (Å²) in [6, 6.07) is 0. The molecule has 0 atom stereocenters. The van der Waals surface area contributed by atoms with Gasteiger partial charge >= 0.3 is 0 Å². The van der Waals surface area contributed by atoms with E-state index in [0.29, 0.717) is 11.3 Å². The molecule has 0 saturated carbocycles. The zero-order valence-electron chi connectivity index (χ0n) is 11.1. The molecule has 96 valence electrons. The summed E-state index contributed by atoms with van der Waals surface area (Å²) in [5.74, 6) is 0.0609. The summed E-state index contributed by atoms with van der Waals surface area (Å²) in [4.78, 5) is 25.8. The summed E-state index contributed by atoms with van der Waals surface area (Å²) in [5, 5.41) is 2.94. The van der Waals surface area contributed by atoms with Gasteiger partial charge in [-0.1, -0.05) is 13.8 Å². The molecule has 17 heavy (non-hydrogen) atoms. The van der Waals surface area contributed by atoms with Crippen molar-refractivity contribution in [2.75, 3.05) is 21.1 Å². The van der Waals surface area contributed by atoms with Crippen LogP contribution in [0.15, 0.2) is 10.6 Å². The molecule has 0 saturated heterocycles. The number of carbonyl (C=O) groups excluding carboxylic acids is 2. The van der Waals surface area contributed by atoms with Crippen LogP contribution < -0.4 is 5.32 Å². The van der Waals surface area contributed by atoms with Crippen molar-refractivity contribution >= 4 is 22.8 Å². The molecule has 5 heteroatoms. The number of amides is 1. The molecular weight excluding hydrogens is 236 g/mol. The molecule has 0 radical (unpaired) electrons. The van der Waals surface area contributed by atoms with Crippen molar-refractivity contribution < 1.29 is 9.59 Å². The van der Waals surface area contributed by atoms with E-state index in [4.69, 9.17) is 0 Å².